The maximum Gasteiger partial charge on any atom is 0.263 e. The van der Waals surface area contributed by atoms with Crippen LogP contribution in [0.15, 0.2) is 24.3 Å². The molecule has 2 aromatic rings. The smallest absolute Gasteiger partial charge is 0.263 e. The van der Waals surface area contributed by atoms with Crippen LogP contribution in [0.1, 0.15) is 47.5 Å². The molecule has 162 valence electrons. The van der Waals surface area contributed by atoms with Gasteiger partial charge in [0.1, 0.15) is 15.7 Å². The van der Waals surface area contributed by atoms with E-state index < -0.39 is 0 Å². The molecule has 1 aliphatic heterocycles. The summed E-state index contributed by atoms with van der Waals surface area (Å²) in [6.45, 7) is 6.77. The average Bonchev–Trinajstić information content (AvgIpc) is 3.15. The number of aryl methyl sites for hydroxylation is 1. The normalized spacial score (nSPS) is 20.2. The maximum absolute atomic E-state index is 14.1. The molecule has 7 heteroatoms. The molecule has 1 amide bonds. The van der Waals surface area contributed by atoms with Crippen molar-refractivity contribution < 1.29 is 9.18 Å². The van der Waals surface area contributed by atoms with Crippen molar-refractivity contribution in [1.29, 1.82) is 0 Å². The first kappa shape index (κ1) is 21.4. The number of benzene rings is 1. The van der Waals surface area contributed by atoms with E-state index in [2.05, 4.69) is 27.1 Å². The summed E-state index contributed by atoms with van der Waals surface area (Å²) in [5, 5.41) is 3.78. The van der Waals surface area contributed by atoms with Crippen LogP contribution in [0.3, 0.4) is 0 Å². The molecule has 1 aliphatic carbocycles. The van der Waals surface area contributed by atoms with Gasteiger partial charge >= 0.3 is 0 Å². The fraction of sp³-hybridized carbons (Fsp3) is 0.565. The number of halogens is 1. The average molecular weight is 431 g/mol. The van der Waals surface area contributed by atoms with Crippen LogP contribution in [0, 0.1) is 12.7 Å². The van der Waals surface area contributed by atoms with E-state index in [0.717, 1.165) is 39.0 Å². The van der Waals surface area contributed by atoms with Gasteiger partial charge in [-0.1, -0.05) is 31.4 Å². The Kier molecular flexibility index (Phi) is 6.51. The van der Waals surface area contributed by atoms with Crippen LogP contribution in [0.25, 0.3) is 10.6 Å². The van der Waals surface area contributed by atoms with Gasteiger partial charge in [0.15, 0.2) is 0 Å². The first-order valence-electron chi connectivity index (χ1n) is 10.9. The third-order valence-corrected chi connectivity index (χ3v) is 7.83. The number of likely N-dealkylation sites (N-methyl/N-ethyl adjacent to an activating group) is 1. The number of aromatic nitrogens is 1. The van der Waals surface area contributed by atoms with Crippen LogP contribution in [0.5, 0.6) is 0 Å². The first-order chi connectivity index (χ1) is 14.5. The summed E-state index contributed by atoms with van der Waals surface area (Å²) in [5.74, 6) is -0.402. The van der Waals surface area contributed by atoms with Gasteiger partial charge in [0.05, 0.1) is 5.69 Å². The summed E-state index contributed by atoms with van der Waals surface area (Å²) >= 11 is 1.27. The molecule has 0 unspecified atom stereocenters. The summed E-state index contributed by atoms with van der Waals surface area (Å²) in [6.07, 6.45) is 6.00. The third-order valence-electron chi connectivity index (χ3n) is 6.64. The molecule has 2 fully saturated rings. The van der Waals surface area contributed by atoms with Gasteiger partial charge in [0.25, 0.3) is 5.91 Å². The zero-order valence-electron chi connectivity index (χ0n) is 17.9. The highest BCUT2D eigenvalue weighted by Gasteiger charge is 2.39. The van der Waals surface area contributed by atoms with Crippen molar-refractivity contribution in [3.05, 3.63) is 40.7 Å². The minimum atomic E-state index is -0.311. The maximum atomic E-state index is 14.1. The van der Waals surface area contributed by atoms with Crippen LogP contribution in [-0.2, 0) is 0 Å². The van der Waals surface area contributed by atoms with Gasteiger partial charge in [0, 0.05) is 43.8 Å². The van der Waals surface area contributed by atoms with E-state index in [1.165, 1.54) is 36.7 Å². The van der Waals surface area contributed by atoms with Crippen LogP contribution in [-0.4, -0.2) is 66.0 Å². The third kappa shape index (κ3) is 4.43. The molecule has 0 atom stereocenters. The number of thiazole rings is 1. The van der Waals surface area contributed by atoms with Crippen molar-refractivity contribution in [2.24, 2.45) is 0 Å². The number of hydrogen-bond donors (Lipinski definition) is 1. The molecule has 30 heavy (non-hydrogen) atoms. The number of rotatable bonds is 5. The lowest BCUT2D eigenvalue weighted by Crippen LogP contribution is -2.61. The molecule has 1 aromatic carbocycles. The Morgan fingerprint density at radius 3 is 2.57 bits per heavy atom. The highest BCUT2D eigenvalue weighted by Crippen LogP contribution is 2.34. The predicted octanol–water partition coefficient (Wildman–Crippen LogP) is 3.94. The fourth-order valence-electron chi connectivity index (χ4n) is 4.78. The molecule has 0 spiro atoms. The molecule has 0 bridgehead atoms. The van der Waals surface area contributed by atoms with Crippen molar-refractivity contribution in [1.82, 2.24) is 20.1 Å². The molecular weight excluding hydrogens is 399 g/mol. The van der Waals surface area contributed by atoms with Crippen LogP contribution in [0.4, 0.5) is 4.39 Å². The summed E-state index contributed by atoms with van der Waals surface area (Å²) in [4.78, 5) is 23.1. The number of carbonyl (C=O) groups excluding carboxylic acids is 1. The second kappa shape index (κ2) is 9.12. The number of hydrogen-bond acceptors (Lipinski definition) is 5. The number of nitrogens with zero attached hydrogens (tertiary/aromatic N) is 3. The number of amides is 1. The lowest BCUT2D eigenvalue weighted by molar-refractivity contribution is 0.0139. The first-order valence-corrected chi connectivity index (χ1v) is 11.7. The van der Waals surface area contributed by atoms with E-state index in [9.17, 15) is 9.18 Å². The van der Waals surface area contributed by atoms with E-state index in [-0.39, 0.29) is 17.3 Å². The van der Waals surface area contributed by atoms with Gasteiger partial charge in [-0.15, -0.1) is 11.3 Å². The minimum absolute atomic E-state index is 0.0577. The van der Waals surface area contributed by atoms with Gasteiger partial charge in [-0.2, -0.15) is 0 Å². The van der Waals surface area contributed by atoms with E-state index in [1.807, 2.05) is 6.92 Å². The molecule has 2 heterocycles. The van der Waals surface area contributed by atoms with Crippen molar-refractivity contribution in [3.63, 3.8) is 0 Å². The second-order valence-corrected chi connectivity index (χ2v) is 9.67. The lowest BCUT2D eigenvalue weighted by Gasteiger charge is -2.49. The Morgan fingerprint density at radius 1 is 1.17 bits per heavy atom. The number of carbonyl (C=O) groups is 1. The molecular formula is C23H31FN4OS. The van der Waals surface area contributed by atoms with Gasteiger partial charge in [0.2, 0.25) is 0 Å². The van der Waals surface area contributed by atoms with E-state index in [0.29, 0.717) is 27.7 Å². The predicted molar refractivity (Wildman–Crippen MR) is 119 cm³/mol. The molecule has 1 N–H and O–H groups in total. The van der Waals surface area contributed by atoms with Crippen molar-refractivity contribution >= 4 is 17.2 Å². The van der Waals surface area contributed by atoms with Crippen molar-refractivity contribution in [3.8, 4) is 10.6 Å². The zero-order valence-corrected chi connectivity index (χ0v) is 18.7. The Balaban J connectivity index is 1.48. The topological polar surface area (TPSA) is 48.5 Å². The molecule has 2 aliphatic rings. The van der Waals surface area contributed by atoms with Crippen LogP contribution >= 0.6 is 11.3 Å². The van der Waals surface area contributed by atoms with Gasteiger partial charge < -0.3 is 10.2 Å². The lowest BCUT2D eigenvalue weighted by atomic mass is 9.79. The minimum Gasteiger partial charge on any atom is -0.349 e. The highest BCUT2D eigenvalue weighted by atomic mass is 32.1. The molecule has 5 nitrogen and oxygen atoms in total. The van der Waals surface area contributed by atoms with E-state index in [4.69, 9.17) is 0 Å². The standard InChI is InChI=1S/C23H31FN4OS/c1-17-20(30-22(26-17)18-8-4-5-9-19(18)24)21(29)25-16-23(10-6-3-7-11-23)28-14-12-27(2)13-15-28/h4-5,8-9H,3,6-7,10-16H2,1-2H3,(H,25,29). The van der Waals surface area contributed by atoms with Crippen LogP contribution < -0.4 is 5.32 Å². The fourth-order valence-corrected chi connectivity index (χ4v) is 5.79. The van der Waals surface area contributed by atoms with Gasteiger partial charge in [-0.3, -0.25) is 9.69 Å². The molecule has 1 saturated carbocycles. The van der Waals surface area contributed by atoms with Crippen LogP contribution in [0.2, 0.25) is 0 Å². The van der Waals surface area contributed by atoms with E-state index in [1.54, 1.807) is 18.2 Å². The molecule has 1 aromatic heterocycles. The Bertz CT molecular complexity index is 885. The monoisotopic (exact) mass is 430 g/mol. The SMILES string of the molecule is Cc1nc(-c2ccccc2F)sc1C(=O)NCC1(N2CCN(C)CC2)CCCCC1. The number of nitrogens with one attached hydrogen (secondary N) is 1. The molecule has 4 rings (SSSR count). The summed E-state index contributed by atoms with van der Waals surface area (Å²) in [7, 11) is 2.17. The number of piperazine rings is 1. The summed E-state index contributed by atoms with van der Waals surface area (Å²) < 4.78 is 14.1. The van der Waals surface area contributed by atoms with Crippen molar-refractivity contribution in [2.75, 3.05) is 39.8 Å². The van der Waals surface area contributed by atoms with Gasteiger partial charge in [-0.05, 0) is 38.9 Å². The second-order valence-electron chi connectivity index (χ2n) is 8.67. The van der Waals surface area contributed by atoms with E-state index >= 15 is 0 Å². The molecule has 0 radical (unpaired) electrons. The zero-order chi connectivity index (χ0) is 21.1. The Labute approximate surface area is 182 Å². The molecule has 1 saturated heterocycles. The summed E-state index contributed by atoms with van der Waals surface area (Å²) in [5.41, 5.74) is 1.17. The Morgan fingerprint density at radius 2 is 1.87 bits per heavy atom. The largest absolute Gasteiger partial charge is 0.349 e. The van der Waals surface area contributed by atoms with Gasteiger partial charge in [-0.25, -0.2) is 9.37 Å². The quantitative estimate of drug-likeness (QED) is 0.781. The Hall–Kier alpha value is -1.83. The van der Waals surface area contributed by atoms with Crippen molar-refractivity contribution in [2.45, 2.75) is 44.6 Å². The highest BCUT2D eigenvalue weighted by molar-refractivity contribution is 7.17. The summed E-state index contributed by atoms with van der Waals surface area (Å²) in [6, 6.07) is 6.58.